The van der Waals surface area contributed by atoms with Crippen molar-refractivity contribution in [3.8, 4) is 0 Å². The number of likely N-dealkylation sites (tertiary alicyclic amines) is 1. The summed E-state index contributed by atoms with van der Waals surface area (Å²) < 4.78 is 20.3. The third kappa shape index (κ3) is 4.09. The number of aryl methyl sites for hydroxylation is 1. The van der Waals surface area contributed by atoms with Gasteiger partial charge in [0, 0.05) is 26.2 Å². The van der Waals surface area contributed by atoms with Crippen molar-refractivity contribution < 1.29 is 13.9 Å². The van der Waals surface area contributed by atoms with Gasteiger partial charge in [0.1, 0.15) is 11.3 Å². The number of nitrogens with one attached hydrogen (secondary N) is 1. The summed E-state index contributed by atoms with van der Waals surface area (Å²) in [6.45, 7) is 6.70. The van der Waals surface area contributed by atoms with Crippen LogP contribution in [0.25, 0.3) is 0 Å². The summed E-state index contributed by atoms with van der Waals surface area (Å²) in [5.74, 6) is -0.399. The largest absolute Gasteiger partial charge is 0.444 e. The molecule has 118 valence electrons. The zero-order valence-corrected chi connectivity index (χ0v) is 13.0. The van der Waals surface area contributed by atoms with Gasteiger partial charge in [-0.1, -0.05) is 0 Å². The van der Waals surface area contributed by atoms with Gasteiger partial charge < -0.3 is 15.0 Å². The minimum atomic E-state index is -0.507. The fourth-order valence-electron chi connectivity index (χ4n) is 2.33. The van der Waals surface area contributed by atoms with Crippen molar-refractivity contribution in [2.24, 2.45) is 7.05 Å². The van der Waals surface area contributed by atoms with E-state index in [0.717, 1.165) is 12.8 Å². The van der Waals surface area contributed by atoms with Crippen molar-refractivity contribution in [3.63, 3.8) is 0 Å². The first-order chi connectivity index (χ1) is 9.76. The minimum absolute atomic E-state index is 0.00460. The zero-order valence-electron chi connectivity index (χ0n) is 13.0. The average molecular weight is 298 g/mol. The Labute approximate surface area is 124 Å². The van der Waals surface area contributed by atoms with Crippen LogP contribution in [0.3, 0.4) is 0 Å². The highest BCUT2D eigenvalue weighted by atomic mass is 19.1. The van der Waals surface area contributed by atoms with E-state index in [2.05, 4.69) is 10.4 Å². The Kier molecular flexibility index (Phi) is 4.39. The second kappa shape index (κ2) is 5.91. The molecule has 2 rings (SSSR count). The topological polar surface area (TPSA) is 59.4 Å². The van der Waals surface area contributed by atoms with Gasteiger partial charge in [-0.05, 0) is 33.6 Å². The molecule has 1 atom stereocenters. The molecular weight excluding hydrogens is 275 g/mol. The number of halogens is 1. The van der Waals surface area contributed by atoms with E-state index in [1.54, 1.807) is 11.9 Å². The summed E-state index contributed by atoms with van der Waals surface area (Å²) in [5.41, 5.74) is -0.138. The monoisotopic (exact) mass is 298 g/mol. The lowest BCUT2D eigenvalue weighted by atomic mass is 10.1. The number of amides is 1. The van der Waals surface area contributed by atoms with Crippen LogP contribution >= 0.6 is 0 Å². The SMILES string of the molecule is Cn1ncc(NC2CCCN(C(=O)OC(C)(C)C)C2)c1F. The van der Waals surface area contributed by atoms with E-state index in [1.807, 2.05) is 20.8 Å². The normalized spacial score (nSPS) is 19.5. The molecule has 0 aromatic carbocycles. The van der Waals surface area contributed by atoms with Gasteiger partial charge in [0.2, 0.25) is 5.95 Å². The molecule has 1 aromatic heterocycles. The highest BCUT2D eigenvalue weighted by Crippen LogP contribution is 2.20. The van der Waals surface area contributed by atoms with Gasteiger partial charge in [0.05, 0.1) is 6.20 Å². The molecule has 1 N–H and O–H groups in total. The molecule has 0 radical (unpaired) electrons. The summed E-state index contributed by atoms with van der Waals surface area (Å²) in [5, 5.41) is 6.97. The number of piperidine rings is 1. The molecule has 21 heavy (non-hydrogen) atoms. The minimum Gasteiger partial charge on any atom is -0.444 e. The summed E-state index contributed by atoms with van der Waals surface area (Å²) in [4.78, 5) is 13.7. The number of carbonyl (C=O) groups excluding carboxylic acids is 1. The fraction of sp³-hybridized carbons (Fsp3) is 0.714. The lowest BCUT2D eigenvalue weighted by Crippen LogP contribution is -2.47. The first kappa shape index (κ1) is 15.6. The second-order valence-electron chi connectivity index (χ2n) is 6.38. The van der Waals surface area contributed by atoms with Crippen LogP contribution in [0.15, 0.2) is 6.20 Å². The highest BCUT2D eigenvalue weighted by Gasteiger charge is 2.28. The highest BCUT2D eigenvalue weighted by molar-refractivity contribution is 5.68. The predicted molar refractivity (Wildman–Crippen MR) is 77.6 cm³/mol. The molecular formula is C14H23FN4O2. The molecule has 2 heterocycles. The van der Waals surface area contributed by atoms with Gasteiger partial charge in [0.15, 0.2) is 0 Å². The molecule has 0 bridgehead atoms. The van der Waals surface area contributed by atoms with Crippen molar-refractivity contribution in [1.29, 1.82) is 0 Å². The summed E-state index contributed by atoms with van der Waals surface area (Å²) in [6.07, 6.45) is 2.88. The van der Waals surface area contributed by atoms with E-state index in [4.69, 9.17) is 4.74 Å². The Morgan fingerprint density at radius 1 is 1.52 bits per heavy atom. The number of aromatic nitrogens is 2. The molecule has 0 aliphatic carbocycles. The van der Waals surface area contributed by atoms with Crippen molar-refractivity contribution in [3.05, 3.63) is 12.1 Å². The van der Waals surface area contributed by atoms with Gasteiger partial charge >= 0.3 is 6.09 Å². The average Bonchev–Trinajstić information content (AvgIpc) is 2.69. The van der Waals surface area contributed by atoms with Gasteiger partial charge in [-0.15, -0.1) is 0 Å². The molecule has 7 heteroatoms. The molecule has 1 aromatic rings. The van der Waals surface area contributed by atoms with Crippen LogP contribution in [0.5, 0.6) is 0 Å². The standard InChI is InChI=1S/C14H23FN4O2/c1-14(2,3)21-13(20)19-7-5-6-10(9-19)17-11-8-16-18(4)12(11)15/h8,10,17H,5-7,9H2,1-4H3. The lowest BCUT2D eigenvalue weighted by Gasteiger charge is -2.34. The first-order valence-corrected chi connectivity index (χ1v) is 7.18. The molecule has 1 aliphatic rings. The maximum absolute atomic E-state index is 13.7. The molecule has 1 saturated heterocycles. The molecule has 0 saturated carbocycles. The van der Waals surface area contributed by atoms with E-state index < -0.39 is 11.5 Å². The first-order valence-electron chi connectivity index (χ1n) is 7.18. The third-order valence-corrected chi connectivity index (χ3v) is 3.30. The van der Waals surface area contributed by atoms with Crippen molar-refractivity contribution >= 4 is 11.8 Å². The maximum Gasteiger partial charge on any atom is 0.410 e. The van der Waals surface area contributed by atoms with Gasteiger partial charge in [-0.3, -0.25) is 0 Å². The van der Waals surface area contributed by atoms with Crippen molar-refractivity contribution in [1.82, 2.24) is 14.7 Å². The Morgan fingerprint density at radius 2 is 2.24 bits per heavy atom. The zero-order chi connectivity index (χ0) is 15.6. The number of rotatable bonds is 2. The maximum atomic E-state index is 13.7. The van der Waals surface area contributed by atoms with E-state index in [-0.39, 0.29) is 12.1 Å². The summed E-state index contributed by atoms with van der Waals surface area (Å²) in [6, 6.07) is 0.00460. The molecule has 1 amide bonds. The van der Waals surface area contributed by atoms with Crippen molar-refractivity contribution in [2.75, 3.05) is 18.4 Å². The van der Waals surface area contributed by atoms with E-state index in [1.165, 1.54) is 10.9 Å². The molecule has 1 aliphatic heterocycles. The molecule has 1 fully saturated rings. The van der Waals surface area contributed by atoms with Crippen LogP contribution in [0.2, 0.25) is 0 Å². The number of anilines is 1. The predicted octanol–water partition coefficient (Wildman–Crippen LogP) is 2.37. The van der Waals surface area contributed by atoms with Crippen molar-refractivity contribution in [2.45, 2.75) is 45.3 Å². The van der Waals surface area contributed by atoms with Gasteiger partial charge in [-0.2, -0.15) is 9.49 Å². The van der Waals surface area contributed by atoms with Crippen LogP contribution in [0.1, 0.15) is 33.6 Å². The Bertz CT molecular complexity index is 510. The number of nitrogens with zero attached hydrogens (tertiary/aromatic N) is 3. The Morgan fingerprint density at radius 3 is 2.81 bits per heavy atom. The molecule has 1 unspecified atom stereocenters. The smallest absolute Gasteiger partial charge is 0.410 e. The number of carbonyl (C=O) groups is 1. The summed E-state index contributed by atoms with van der Waals surface area (Å²) >= 11 is 0. The van der Waals surface area contributed by atoms with Crippen LogP contribution in [0, 0.1) is 5.95 Å². The van der Waals surface area contributed by atoms with Gasteiger partial charge in [-0.25, -0.2) is 9.48 Å². The van der Waals surface area contributed by atoms with Crippen LogP contribution in [0.4, 0.5) is 14.9 Å². The lowest BCUT2D eigenvalue weighted by molar-refractivity contribution is 0.0206. The van der Waals surface area contributed by atoms with Crippen LogP contribution in [-0.4, -0.2) is 45.5 Å². The van der Waals surface area contributed by atoms with E-state index >= 15 is 0 Å². The molecule has 0 spiro atoms. The Balaban J connectivity index is 1.94. The second-order valence-corrected chi connectivity index (χ2v) is 6.38. The number of ether oxygens (including phenoxy) is 1. The summed E-state index contributed by atoms with van der Waals surface area (Å²) in [7, 11) is 1.55. The fourth-order valence-corrected chi connectivity index (χ4v) is 2.33. The van der Waals surface area contributed by atoms with Gasteiger partial charge in [0.25, 0.3) is 0 Å². The third-order valence-electron chi connectivity index (χ3n) is 3.30. The van der Waals surface area contributed by atoms with Crippen LogP contribution in [-0.2, 0) is 11.8 Å². The number of hydrogen-bond donors (Lipinski definition) is 1. The Hall–Kier alpha value is -1.79. The molecule has 6 nitrogen and oxygen atoms in total. The van der Waals surface area contributed by atoms with Crippen LogP contribution < -0.4 is 5.32 Å². The van der Waals surface area contributed by atoms with E-state index in [0.29, 0.717) is 18.8 Å². The quantitative estimate of drug-likeness (QED) is 0.910. The van der Waals surface area contributed by atoms with E-state index in [9.17, 15) is 9.18 Å². The number of hydrogen-bond acceptors (Lipinski definition) is 4.